The lowest BCUT2D eigenvalue weighted by Crippen LogP contribution is -2.45. The molecule has 1 aliphatic heterocycles. The molecule has 2 aliphatic rings. The second kappa shape index (κ2) is 7.70. The molecular weight excluding hydrogens is 397 g/mol. The molecule has 156 valence electrons. The molecule has 0 bridgehead atoms. The number of hydrogen-bond donors (Lipinski definition) is 1. The van der Waals surface area contributed by atoms with E-state index in [-0.39, 0.29) is 11.5 Å². The van der Waals surface area contributed by atoms with Crippen LogP contribution in [0.5, 0.6) is 0 Å². The van der Waals surface area contributed by atoms with Crippen molar-refractivity contribution in [3.8, 4) is 0 Å². The van der Waals surface area contributed by atoms with E-state index < -0.39 is 11.2 Å². The number of carbonyl (C=O) groups excluding carboxylic acids is 1. The highest BCUT2D eigenvalue weighted by molar-refractivity contribution is 6.42. The van der Waals surface area contributed by atoms with Gasteiger partial charge in [0.05, 0.1) is 15.6 Å². The molecule has 0 radical (unpaired) electrons. The van der Waals surface area contributed by atoms with Crippen LogP contribution in [0, 0.1) is 5.92 Å². The van der Waals surface area contributed by atoms with E-state index in [1.807, 2.05) is 44.7 Å². The quantitative estimate of drug-likeness (QED) is 0.647. The van der Waals surface area contributed by atoms with Gasteiger partial charge in [0, 0.05) is 18.5 Å². The highest BCUT2D eigenvalue weighted by Crippen LogP contribution is 2.51. The van der Waals surface area contributed by atoms with Crippen LogP contribution in [0.25, 0.3) is 0 Å². The largest absolute Gasteiger partial charge is 0.444 e. The Morgan fingerprint density at radius 1 is 1.18 bits per heavy atom. The zero-order chi connectivity index (χ0) is 20.7. The maximum absolute atomic E-state index is 12.6. The topological polar surface area (TPSA) is 49.8 Å². The standard InChI is InChI=1S/C22H31Cl2NO3/c1-20(2,3)28-19(26)25-12-7-16(14-25)22(10-8-21(4,27)9-11-22)15-5-6-17(23)18(24)13-15/h5-6,13,16,27H,7-12,14H2,1-4H3/t16-,21-,22+/m0/s1. The lowest BCUT2D eigenvalue weighted by molar-refractivity contribution is -0.0125. The number of halogens is 2. The lowest BCUT2D eigenvalue weighted by Gasteiger charge is -2.47. The van der Waals surface area contributed by atoms with Crippen LogP contribution in [0.1, 0.15) is 65.4 Å². The van der Waals surface area contributed by atoms with Gasteiger partial charge in [0.25, 0.3) is 0 Å². The summed E-state index contributed by atoms with van der Waals surface area (Å²) >= 11 is 12.5. The summed E-state index contributed by atoms with van der Waals surface area (Å²) in [4.78, 5) is 14.4. The van der Waals surface area contributed by atoms with Crippen LogP contribution in [0.2, 0.25) is 10.0 Å². The van der Waals surface area contributed by atoms with Gasteiger partial charge in [-0.3, -0.25) is 0 Å². The fourth-order valence-corrected chi connectivity index (χ4v) is 4.97. The van der Waals surface area contributed by atoms with E-state index in [9.17, 15) is 9.90 Å². The average molecular weight is 428 g/mol. The minimum Gasteiger partial charge on any atom is -0.444 e. The predicted octanol–water partition coefficient (Wildman–Crippen LogP) is 5.81. The molecule has 0 aromatic heterocycles. The lowest BCUT2D eigenvalue weighted by atomic mass is 9.59. The Balaban J connectivity index is 1.86. The summed E-state index contributed by atoms with van der Waals surface area (Å²) < 4.78 is 5.57. The molecule has 1 aromatic carbocycles. The molecule has 4 nitrogen and oxygen atoms in total. The van der Waals surface area contributed by atoms with Crippen LogP contribution in [0.4, 0.5) is 4.79 Å². The highest BCUT2D eigenvalue weighted by Gasteiger charge is 2.48. The molecule has 28 heavy (non-hydrogen) atoms. The summed E-state index contributed by atoms with van der Waals surface area (Å²) in [5.41, 5.74) is -0.0929. The van der Waals surface area contributed by atoms with E-state index in [0.717, 1.165) is 37.7 Å². The van der Waals surface area contributed by atoms with Gasteiger partial charge in [0.1, 0.15) is 5.60 Å². The SMILES string of the molecule is CC(C)(C)OC(=O)N1CC[C@H]([C@]2(c3ccc(Cl)c(Cl)c3)CC[C@](C)(O)CC2)C1. The molecule has 6 heteroatoms. The number of hydrogen-bond acceptors (Lipinski definition) is 3. The Morgan fingerprint density at radius 3 is 2.39 bits per heavy atom. The third-order valence-electron chi connectivity index (χ3n) is 6.34. The molecule has 0 spiro atoms. The Labute approximate surface area is 178 Å². The van der Waals surface area contributed by atoms with Crippen molar-refractivity contribution in [3.05, 3.63) is 33.8 Å². The number of benzene rings is 1. The van der Waals surface area contributed by atoms with E-state index >= 15 is 0 Å². The summed E-state index contributed by atoms with van der Waals surface area (Å²) in [7, 11) is 0. The molecular formula is C22H31Cl2NO3. The Bertz CT molecular complexity index is 732. The van der Waals surface area contributed by atoms with Crippen LogP contribution in [-0.4, -0.2) is 40.4 Å². The summed E-state index contributed by atoms with van der Waals surface area (Å²) in [5.74, 6) is 0.299. The van der Waals surface area contributed by atoms with Gasteiger partial charge in [-0.05, 0) is 83.4 Å². The number of likely N-dealkylation sites (tertiary alicyclic amines) is 1. The zero-order valence-electron chi connectivity index (χ0n) is 17.2. The van der Waals surface area contributed by atoms with E-state index in [1.54, 1.807) is 0 Å². The molecule has 1 aromatic rings. The average Bonchev–Trinajstić information content (AvgIpc) is 3.07. The third kappa shape index (κ3) is 4.60. The van der Waals surface area contributed by atoms with E-state index in [2.05, 4.69) is 6.07 Å². The Morgan fingerprint density at radius 2 is 1.82 bits per heavy atom. The summed E-state index contributed by atoms with van der Waals surface area (Å²) in [5, 5.41) is 11.6. The van der Waals surface area contributed by atoms with Gasteiger partial charge >= 0.3 is 6.09 Å². The van der Waals surface area contributed by atoms with Gasteiger partial charge in [-0.15, -0.1) is 0 Å². The first-order chi connectivity index (χ1) is 12.9. The smallest absolute Gasteiger partial charge is 0.410 e. The van der Waals surface area contributed by atoms with Gasteiger partial charge < -0.3 is 14.7 Å². The van der Waals surface area contributed by atoms with Crippen LogP contribution >= 0.6 is 23.2 Å². The van der Waals surface area contributed by atoms with Crippen molar-refractivity contribution in [2.75, 3.05) is 13.1 Å². The highest BCUT2D eigenvalue weighted by atomic mass is 35.5. The van der Waals surface area contributed by atoms with Gasteiger partial charge in [0.15, 0.2) is 0 Å². The number of aliphatic hydroxyl groups is 1. The molecule has 1 saturated carbocycles. The number of carbonyl (C=O) groups is 1. The van der Waals surface area contributed by atoms with Gasteiger partial charge in [0.2, 0.25) is 0 Å². The molecule has 1 heterocycles. The van der Waals surface area contributed by atoms with Crippen LogP contribution < -0.4 is 0 Å². The molecule has 0 unspecified atom stereocenters. The zero-order valence-corrected chi connectivity index (χ0v) is 18.7. The summed E-state index contributed by atoms with van der Waals surface area (Å²) in [6.45, 7) is 8.93. The van der Waals surface area contributed by atoms with Crippen LogP contribution in [0.15, 0.2) is 18.2 Å². The van der Waals surface area contributed by atoms with Crippen molar-refractivity contribution in [2.24, 2.45) is 5.92 Å². The van der Waals surface area contributed by atoms with Crippen molar-refractivity contribution >= 4 is 29.3 Å². The van der Waals surface area contributed by atoms with Crippen molar-refractivity contribution < 1.29 is 14.6 Å². The monoisotopic (exact) mass is 427 g/mol. The van der Waals surface area contributed by atoms with Gasteiger partial charge in [-0.1, -0.05) is 29.3 Å². The van der Waals surface area contributed by atoms with Crippen molar-refractivity contribution in [1.82, 2.24) is 4.90 Å². The molecule has 1 atom stereocenters. The Kier molecular flexibility index (Phi) is 5.97. The molecule has 1 amide bonds. The number of ether oxygens (including phenoxy) is 1. The third-order valence-corrected chi connectivity index (χ3v) is 7.07. The first-order valence-corrected chi connectivity index (χ1v) is 10.8. The van der Waals surface area contributed by atoms with Crippen molar-refractivity contribution in [1.29, 1.82) is 0 Å². The second-order valence-corrected chi connectivity index (χ2v) is 10.5. The van der Waals surface area contributed by atoms with Crippen molar-refractivity contribution in [2.45, 2.75) is 76.4 Å². The molecule has 1 saturated heterocycles. The fraction of sp³-hybridized carbons (Fsp3) is 0.682. The second-order valence-electron chi connectivity index (χ2n) is 9.69. The number of rotatable bonds is 2. The minimum absolute atomic E-state index is 0.118. The van der Waals surface area contributed by atoms with Crippen LogP contribution in [-0.2, 0) is 10.2 Å². The first-order valence-electron chi connectivity index (χ1n) is 10.1. The summed E-state index contributed by atoms with van der Waals surface area (Å²) in [6.07, 6.45) is 3.87. The van der Waals surface area contributed by atoms with Crippen LogP contribution in [0.3, 0.4) is 0 Å². The molecule has 3 rings (SSSR count). The number of nitrogens with zero attached hydrogens (tertiary/aromatic N) is 1. The molecule has 1 N–H and O–H groups in total. The normalized spacial score (nSPS) is 31.1. The van der Waals surface area contributed by atoms with E-state index in [4.69, 9.17) is 27.9 Å². The summed E-state index contributed by atoms with van der Waals surface area (Å²) in [6, 6.07) is 5.89. The molecule has 2 fully saturated rings. The molecule has 1 aliphatic carbocycles. The first kappa shape index (κ1) is 21.7. The van der Waals surface area contributed by atoms with E-state index in [0.29, 0.717) is 29.1 Å². The maximum atomic E-state index is 12.6. The minimum atomic E-state index is -0.636. The van der Waals surface area contributed by atoms with Gasteiger partial charge in [-0.25, -0.2) is 4.79 Å². The maximum Gasteiger partial charge on any atom is 0.410 e. The van der Waals surface area contributed by atoms with E-state index in [1.165, 1.54) is 0 Å². The van der Waals surface area contributed by atoms with Crippen molar-refractivity contribution in [3.63, 3.8) is 0 Å². The number of amides is 1. The predicted molar refractivity (Wildman–Crippen MR) is 113 cm³/mol. The Hall–Kier alpha value is -0.970. The van der Waals surface area contributed by atoms with Gasteiger partial charge in [-0.2, -0.15) is 0 Å². The fourth-order valence-electron chi connectivity index (χ4n) is 4.68.